The van der Waals surface area contributed by atoms with Crippen molar-refractivity contribution in [2.24, 2.45) is 0 Å². The number of fused-ring (bicyclic) bond motifs is 3. The monoisotopic (exact) mass is 398 g/mol. The van der Waals surface area contributed by atoms with Crippen molar-refractivity contribution in [2.75, 3.05) is 5.32 Å². The largest absolute Gasteiger partial charge is 0.419 e. The van der Waals surface area contributed by atoms with Gasteiger partial charge in [-0.05, 0) is 31.4 Å². The van der Waals surface area contributed by atoms with Crippen LogP contribution in [0, 0.1) is 11.3 Å². The highest BCUT2D eigenvalue weighted by Crippen LogP contribution is 2.39. The van der Waals surface area contributed by atoms with Crippen LogP contribution in [0.5, 0.6) is 0 Å². The van der Waals surface area contributed by atoms with Crippen molar-refractivity contribution < 1.29 is 13.2 Å². The fourth-order valence-electron chi connectivity index (χ4n) is 4.41. The lowest BCUT2D eigenvalue weighted by molar-refractivity contribution is -0.137. The molecule has 0 spiro atoms. The minimum atomic E-state index is -4.59. The van der Waals surface area contributed by atoms with Gasteiger partial charge in [-0.25, -0.2) is 9.97 Å². The number of nitrogens with one attached hydrogen (secondary N) is 3. The number of halogens is 3. The fourth-order valence-corrected chi connectivity index (χ4v) is 4.41. The van der Waals surface area contributed by atoms with Gasteiger partial charge in [0.15, 0.2) is 0 Å². The number of aromatic amines is 1. The molecule has 3 N–H and O–H groups in total. The Hall–Kier alpha value is -3.12. The Morgan fingerprint density at radius 3 is 2.79 bits per heavy atom. The van der Waals surface area contributed by atoms with Crippen LogP contribution in [0.15, 0.2) is 30.6 Å². The van der Waals surface area contributed by atoms with Gasteiger partial charge >= 0.3 is 6.18 Å². The average molecular weight is 398 g/mol. The van der Waals surface area contributed by atoms with Gasteiger partial charge in [0, 0.05) is 47.0 Å². The average Bonchev–Trinajstić information content (AvgIpc) is 3.41. The van der Waals surface area contributed by atoms with Gasteiger partial charge in [0.1, 0.15) is 5.56 Å². The third-order valence-corrected chi connectivity index (χ3v) is 5.77. The number of nitriles is 1. The smallest absolute Gasteiger partial charge is 0.360 e. The molecule has 2 saturated heterocycles. The minimum Gasteiger partial charge on any atom is -0.360 e. The summed E-state index contributed by atoms with van der Waals surface area (Å²) < 4.78 is 41.0. The van der Waals surface area contributed by atoms with E-state index in [-0.39, 0.29) is 17.7 Å². The van der Waals surface area contributed by atoms with Crippen LogP contribution in [-0.4, -0.2) is 33.1 Å². The molecule has 3 aromatic rings. The highest BCUT2D eigenvalue weighted by molar-refractivity contribution is 5.96. The first-order chi connectivity index (χ1) is 13.9. The van der Waals surface area contributed by atoms with Gasteiger partial charge in [0.2, 0.25) is 5.95 Å². The molecule has 2 aromatic heterocycles. The molecular weight excluding hydrogens is 381 g/mol. The minimum absolute atomic E-state index is 0.111. The molecule has 2 aliphatic heterocycles. The maximum absolute atomic E-state index is 13.7. The first-order valence-electron chi connectivity index (χ1n) is 9.41. The van der Waals surface area contributed by atoms with Crippen molar-refractivity contribution in [3.8, 4) is 17.3 Å². The van der Waals surface area contributed by atoms with Gasteiger partial charge < -0.3 is 15.6 Å². The molecule has 5 rings (SSSR count). The molecule has 0 amide bonds. The second-order valence-corrected chi connectivity index (χ2v) is 7.56. The topological polar surface area (TPSA) is 89.4 Å². The van der Waals surface area contributed by atoms with Crippen LogP contribution in [0.4, 0.5) is 19.1 Å². The molecule has 2 aliphatic rings. The quantitative estimate of drug-likeness (QED) is 0.624. The van der Waals surface area contributed by atoms with Crippen molar-refractivity contribution >= 4 is 16.9 Å². The molecule has 4 heterocycles. The van der Waals surface area contributed by atoms with E-state index in [9.17, 15) is 13.2 Å². The predicted molar refractivity (Wildman–Crippen MR) is 101 cm³/mol. The van der Waals surface area contributed by atoms with E-state index in [1.54, 1.807) is 18.2 Å². The van der Waals surface area contributed by atoms with Crippen molar-refractivity contribution in [2.45, 2.75) is 43.6 Å². The Morgan fingerprint density at radius 2 is 2.10 bits per heavy atom. The van der Waals surface area contributed by atoms with Gasteiger partial charge in [-0.2, -0.15) is 18.4 Å². The van der Waals surface area contributed by atoms with Crippen molar-refractivity contribution in [3.05, 3.63) is 41.7 Å². The predicted octanol–water partition coefficient (Wildman–Crippen LogP) is 3.82. The summed E-state index contributed by atoms with van der Waals surface area (Å²) in [7, 11) is 0. The molecule has 0 aliphatic carbocycles. The molecule has 2 bridgehead atoms. The summed E-state index contributed by atoms with van der Waals surface area (Å²) in [5.41, 5.74) is 0.267. The van der Waals surface area contributed by atoms with E-state index in [1.807, 2.05) is 6.07 Å². The molecule has 29 heavy (non-hydrogen) atoms. The van der Waals surface area contributed by atoms with Gasteiger partial charge in [-0.3, -0.25) is 0 Å². The summed E-state index contributed by atoms with van der Waals surface area (Å²) >= 11 is 0. The van der Waals surface area contributed by atoms with E-state index < -0.39 is 11.7 Å². The van der Waals surface area contributed by atoms with Crippen LogP contribution in [0.1, 0.15) is 30.4 Å². The Morgan fingerprint density at radius 1 is 1.24 bits per heavy atom. The molecule has 3 unspecified atom stereocenters. The van der Waals surface area contributed by atoms with Gasteiger partial charge in [0.25, 0.3) is 0 Å². The van der Waals surface area contributed by atoms with Crippen LogP contribution in [0.2, 0.25) is 0 Å². The second-order valence-electron chi connectivity index (χ2n) is 7.56. The summed E-state index contributed by atoms with van der Waals surface area (Å²) in [6.45, 7) is 0. The lowest BCUT2D eigenvalue weighted by atomic mass is 9.96. The van der Waals surface area contributed by atoms with E-state index >= 15 is 0 Å². The molecule has 9 heteroatoms. The van der Waals surface area contributed by atoms with Crippen molar-refractivity contribution in [3.63, 3.8) is 0 Å². The van der Waals surface area contributed by atoms with Crippen LogP contribution in [-0.2, 0) is 6.18 Å². The molecule has 1 aromatic carbocycles. The van der Waals surface area contributed by atoms with Crippen LogP contribution < -0.4 is 10.6 Å². The third-order valence-electron chi connectivity index (χ3n) is 5.77. The van der Waals surface area contributed by atoms with Crippen LogP contribution in [0.3, 0.4) is 0 Å². The van der Waals surface area contributed by atoms with E-state index in [2.05, 4.69) is 25.6 Å². The summed E-state index contributed by atoms with van der Waals surface area (Å²) in [6.07, 6.45) is 0.827. The van der Waals surface area contributed by atoms with E-state index in [0.717, 1.165) is 25.5 Å². The zero-order chi connectivity index (χ0) is 20.2. The number of hydrogen-bond acceptors (Lipinski definition) is 5. The van der Waals surface area contributed by atoms with E-state index in [1.165, 1.54) is 6.20 Å². The molecule has 3 atom stereocenters. The van der Waals surface area contributed by atoms with Crippen LogP contribution in [0.25, 0.3) is 22.2 Å². The molecule has 0 radical (unpaired) electrons. The zero-order valence-electron chi connectivity index (χ0n) is 15.2. The van der Waals surface area contributed by atoms with Gasteiger partial charge in [-0.1, -0.05) is 6.07 Å². The molecular formula is C20H17F3N6. The summed E-state index contributed by atoms with van der Waals surface area (Å²) in [6, 6.07) is 7.70. The highest BCUT2D eigenvalue weighted by atomic mass is 19.4. The Kier molecular flexibility index (Phi) is 3.99. The Labute approximate surface area is 164 Å². The highest BCUT2D eigenvalue weighted by Gasteiger charge is 2.40. The number of H-pyrrole nitrogens is 1. The maximum atomic E-state index is 13.7. The lowest BCUT2D eigenvalue weighted by Gasteiger charge is -2.22. The van der Waals surface area contributed by atoms with E-state index in [0.29, 0.717) is 34.1 Å². The zero-order valence-corrected chi connectivity index (χ0v) is 15.2. The molecule has 148 valence electrons. The first kappa shape index (κ1) is 17.9. The third kappa shape index (κ3) is 3.09. The van der Waals surface area contributed by atoms with E-state index in [4.69, 9.17) is 5.26 Å². The van der Waals surface area contributed by atoms with Gasteiger partial charge in [0.05, 0.1) is 17.3 Å². The molecule has 0 saturated carbocycles. The van der Waals surface area contributed by atoms with Crippen LogP contribution >= 0.6 is 0 Å². The van der Waals surface area contributed by atoms with Crippen molar-refractivity contribution in [1.82, 2.24) is 20.3 Å². The number of aromatic nitrogens is 3. The summed E-state index contributed by atoms with van der Waals surface area (Å²) in [5.74, 6) is 0.190. The SMILES string of the molecule is N#Cc1ccc2c(-c3nc(NC4CC5CCC4N5)ncc3C(F)(F)F)c[nH]c2c1. The van der Waals surface area contributed by atoms with Gasteiger partial charge in [-0.15, -0.1) is 0 Å². The first-order valence-corrected chi connectivity index (χ1v) is 9.41. The Bertz CT molecular complexity index is 1130. The number of anilines is 1. The number of alkyl halides is 3. The van der Waals surface area contributed by atoms with Crippen molar-refractivity contribution in [1.29, 1.82) is 5.26 Å². The molecule has 6 nitrogen and oxygen atoms in total. The summed E-state index contributed by atoms with van der Waals surface area (Å²) in [4.78, 5) is 11.2. The standard InChI is InChI=1S/C20H17F3N6/c21-20(22,23)14-9-26-19(28-17-6-11-2-4-15(17)27-11)29-18(14)13-8-25-16-5-10(7-24)1-3-12(13)16/h1,3,5,8-9,11,15,17,25,27H,2,4,6H2,(H,26,28,29). The number of hydrogen-bond donors (Lipinski definition) is 3. The number of rotatable bonds is 3. The Balaban J connectivity index is 1.57. The number of nitrogens with zero attached hydrogens (tertiary/aromatic N) is 3. The maximum Gasteiger partial charge on any atom is 0.419 e. The lowest BCUT2D eigenvalue weighted by Crippen LogP contribution is -2.34. The summed E-state index contributed by atoms with van der Waals surface area (Å²) in [5, 5.41) is 16.3. The second kappa shape index (κ2) is 6.46. The molecule has 2 fully saturated rings. The number of benzene rings is 1. The fraction of sp³-hybridized carbons (Fsp3) is 0.350. The normalized spacial score (nSPS) is 23.4.